The normalized spacial score (nSPS) is 11.1. The van der Waals surface area contributed by atoms with Crippen molar-refractivity contribution in [1.82, 2.24) is 9.78 Å². The number of esters is 1. The Bertz CT molecular complexity index is 905. The maximum absolute atomic E-state index is 12.5. The van der Waals surface area contributed by atoms with E-state index in [0.29, 0.717) is 6.54 Å². The first-order valence-corrected chi connectivity index (χ1v) is 9.00. The van der Waals surface area contributed by atoms with Crippen molar-refractivity contribution in [2.24, 2.45) is 0 Å². The van der Waals surface area contributed by atoms with E-state index in [1.165, 1.54) is 4.68 Å². The van der Waals surface area contributed by atoms with Gasteiger partial charge in [0.2, 0.25) is 12.0 Å². The first-order chi connectivity index (χ1) is 12.6. The molecule has 0 saturated heterocycles. The van der Waals surface area contributed by atoms with Gasteiger partial charge in [-0.1, -0.05) is 35.0 Å². The Morgan fingerprint density at radius 1 is 1.42 bits per heavy atom. The molecule has 0 fully saturated rings. The zero-order valence-corrected chi connectivity index (χ0v) is 15.3. The molecule has 0 unspecified atom stereocenters. The summed E-state index contributed by atoms with van der Waals surface area (Å²) in [6.45, 7) is 2.47. The van der Waals surface area contributed by atoms with Crippen molar-refractivity contribution in [3.05, 3.63) is 59.0 Å². The molecule has 1 N–H and O–H groups in total. The Morgan fingerprint density at radius 2 is 2.15 bits per heavy atom. The van der Waals surface area contributed by atoms with Crippen LogP contribution in [0.1, 0.15) is 12.5 Å². The molecule has 1 aromatic carbocycles. The molecule has 0 atom stereocenters. The summed E-state index contributed by atoms with van der Waals surface area (Å²) in [7, 11) is 0. The highest BCUT2D eigenvalue weighted by atomic mass is 32.2. The number of nitrogens with zero attached hydrogens (tertiary/aromatic N) is 4. The zero-order chi connectivity index (χ0) is 18.9. The Morgan fingerprint density at radius 3 is 2.73 bits per heavy atom. The highest BCUT2D eigenvalue weighted by Gasteiger charge is 2.28. The number of aromatic nitrogens is 3. The van der Waals surface area contributed by atoms with E-state index in [2.05, 4.69) is 11.0 Å². The highest BCUT2D eigenvalue weighted by molar-refractivity contribution is 8.02. The second kappa shape index (κ2) is 9.37. The molecular weight excluding hydrogens is 350 g/mol. The molecule has 7 nitrogen and oxygen atoms in total. The first-order valence-electron chi connectivity index (χ1n) is 7.78. The monoisotopic (exact) mass is 368 g/mol. The van der Waals surface area contributed by atoms with Crippen LogP contribution in [0.15, 0.2) is 53.5 Å². The van der Waals surface area contributed by atoms with Gasteiger partial charge in [-0.3, -0.25) is 5.41 Å². The molecule has 0 aliphatic carbocycles. The Hall–Kier alpha value is -3.14. The number of hydrogen-bond donors (Lipinski definition) is 1. The predicted molar refractivity (Wildman–Crippen MR) is 98.2 cm³/mol. The summed E-state index contributed by atoms with van der Waals surface area (Å²) in [5.41, 5.74) is 1.12. The van der Waals surface area contributed by atoms with Gasteiger partial charge < -0.3 is 4.74 Å². The number of carbonyl (C=O) groups is 1. The molecule has 2 aromatic rings. The average molecular weight is 368 g/mol. The van der Waals surface area contributed by atoms with E-state index in [4.69, 9.17) is 10.1 Å². The third-order valence-electron chi connectivity index (χ3n) is 3.37. The van der Waals surface area contributed by atoms with E-state index in [0.717, 1.165) is 17.3 Å². The summed E-state index contributed by atoms with van der Waals surface area (Å²) in [4.78, 5) is 12.8. The minimum Gasteiger partial charge on any atom is -0.460 e. The first kappa shape index (κ1) is 19.2. The lowest BCUT2D eigenvalue weighted by Crippen LogP contribution is -2.31. The fraction of sp³-hybridized carbons (Fsp3) is 0.222. The van der Waals surface area contributed by atoms with Crippen LogP contribution in [-0.2, 0) is 16.1 Å². The van der Waals surface area contributed by atoms with Gasteiger partial charge in [0, 0.05) is 5.10 Å². The molecule has 0 spiro atoms. The molecule has 26 heavy (non-hydrogen) atoms. The largest absolute Gasteiger partial charge is 0.460 e. The molecule has 0 amide bonds. The van der Waals surface area contributed by atoms with Crippen molar-refractivity contribution < 1.29 is 14.1 Å². The van der Waals surface area contributed by atoms with Gasteiger partial charge in [-0.2, -0.15) is 5.26 Å². The van der Waals surface area contributed by atoms with E-state index in [9.17, 15) is 10.1 Å². The smallest absolute Gasteiger partial charge is 0.375 e. The molecule has 0 saturated carbocycles. The van der Waals surface area contributed by atoms with Crippen molar-refractivity contribution in [3.63, 3.8) is 0 Å². The molecule has 0 aliphatic rings. The van der Waals surface area contributed by atoms with Crippen molar-refractivity contribution in [2.45, 2.75) is 13.5 Å². The Kier molecular flexibility index (Phi) is 6.92. The average Bonchev–Trinajstić information content (AvgIpc) is 3.10. The minimum atomic E-state index is -0.616. The molecule has 0 bridgehead atoms. The number of benzene rings is 1. The topological polar surface area (TPSA) is 95.6 Å². The number of rotatable bonds is 7. The zero-order valence-electron chi connectivity index (χ0n) is 14.5. The summed E-state index contributed by atoms with van der Waals surface area (Å²) in [6, 6.07) is 11.7. The summed E-state index contributed by atoms with van der Waals surface area (Å²) >= 11 is 1.16. The minimum absolute atomic E-state index is 0.0503. The molecular formula is C18H18N5O2S+. The molecule has 1 heterocycles. The molecule has 0 radical (unpaired) electrons. The van der Waals surface area contributed by atoms with Crippen LogP contribution in [0.2, 0.25) is 0 Å². The van der Waals surface area contributed by atoms with Crippen LogP contribution in [0, 0.1) is 16.7 Å². The van der Waals surface area contributed by atoms with Gasteiger partial charge >= 0.3 is 5.97 Å². The highest BCUT2D eigenvalue weighted by Crippen LogP contribution is 2.26. The van der Waals surface area contributed by atoms with Crippen LogP contribution < -0.4 is 4.57 Å². The second-order valence-corrected chi connectivity index (χ2v) is 5.88. The maximum Gasteiger partial charge on any atom is 0.375 e. The van der Waals surface area contributed by atoms with E-state index >= 15 is 0 Å². The van der Waals surface area contributed by atoms with Gasteiger partial charge in [0.05, 0.1) is 18.1 Å². The summed E-state index contributed by atoms with van der Waals surface area (Å²) in [5.74, 6) is 1.45. The van der Waals surface area contributed by atoms with Gasteiger partial charge in [-0.15, -0.1) is 11.8 Å². The number of carbonyl (C=O) groups excluding carboxylic acids is 1. The Balaban J connectivity index is 2.49. The Labute approximate surface area is 155 Å². The summed E-state index contributed by atoms with van der Waals surface area (Å²) < 4.78 is 8.29. The lowest BCUT2D eigenvalue weighted by molar-refractivity contribution is -0.688. The molecule has 132 valence electrons. The van der Waals surface area contributed by atoms with Crippen LogP contribution in [0.25, 0.3) is 5.70 Å². The van der Waals surface area contributed by atoms with Crippen LogP contribution >= 0.6 is 11.8 Å². The SMILES string of the molecule is CCOC(=O)/C(=C(\SC)C(=C=N)C#N)n1c[n+](Cc2ccccc2)cn1. The fourth-order valence-corrected chi connectivity index (χ4v) is 2.93. The number of hydrogen-bond acceptors (Lipinski definition) is 6. The summed E-state index contributed by atoms with van der Waals surface area (Å²) in [5, 5.41) is 20.8. The van der Waals surface area contributed by atoms with Gasteiger partial charge in [-0.25, -0.2) is 9.36 Å². The van der Waals surface area contributed by atoms with Gasteiger partial charge in [0.25, 0.3) is 6.33 Å². The third kappa shape index (κ3) is 4.48. The van der Waals surface area contributed by atoms with Crippen LogP contribution in [0.4, 0.5) is 0 Å². The van der Waals surface area contributed by atoms with Crippen LogP contribution in [0.5, 0.6) is 0 Å². The predicted octanol–water partition coefficient (Wildman–Crippen LogP) is 2.01. The maximum atomic E-state index is 12.5. The quantitative estimate of drug-likeness (QED) is 0.201. The lowest BCUT2D eigenvalue weighted by atomic mass is 10.2. The van der Waals surface area contributed by atoms with E-state index in [1.807, 2.05) is 41.0 Å². The number of ether oxygens (including phenoxy) is 1. The fourth-order valence-electron chi connectivity index (χ4n) is 2.26. The molecule has 0 aliphatic heterocycles. The third-order valence-corrected chi connectivity index (χ3v) is 4.18. The van der Waals surface area contributed by atoms with Crippen molar-refractivity contribution in [1.29, 1.82) is 10.7 Å². The van der Waals surface area contributed by atoms with E-state index in [-0.39, 0.29) is 22.8 Å². The number of thioether (sulfide) groups is 1. The van der Waals surface area contributed by atoms with Gasteiger partial charge in [-0.05, 0) is 24.6 Å². The van der Waals surface area contributed by atoms with Gasteiger partial charge in [0.1, 0.15) is 11.6 Å². The summed E-state index contributed by atoms with van der Waals surface area (Å²) in [6.07, 6.45) is 4.95. The van der Waals surface area contributed by atoms with Crippen LogP contribution in [-0.4, -0.2) is 34.5 Å². The number of nitriles is 1. The lowest BCUT2D eigenvalue weighted by Gasteiger charge is -2.06. The van der Waals surface area contributed by atoms with E-state index < -0.39 is 5.97 Å². The molecule has 2 rings (SSSR count). The van der Waals surface area contributed by atoms with Crippen LogP contribution in [0.3, 0.4) is 0 Å². The second-order valence-electron chi connectivity index (χ2n) is 5.06. The van der Waals surface area contributed by atoms with E-state index in [1.54, 1.807) is 25.8 Å². The van der Waals surface area contributed by atoms with Crippen molar-refractivity contribution in [3.8, 4) is 6.07 Å². The molecule has 1 aromatic heterocycles. The van der Waals surface area contributed by atoms with Gasteiger partial charge in [0.15, 0.2) is 0 Å². The van der Waals surface area contributed by atoms with Crippen molar-refractivity contribution in [2.75, 3.05) is 12.9 Å². The molecule has 8 heteroatoms. The number of allylic oxidation sites excluding steroid dienone is 1. The standard InChI is InChI=1S/C18H18N5O2S/c1-3-25-18(24)16(17(26-2)15(9-19)10-20)23-13-22(12-21-23)11-14-7-5-4-6-8-14/h4-8,12-13,19H,3,11H2,1-2H3/q+1/b17-16+. The number of nitrogens with one attached hydrogen (secondary N) is 1. The van der Waals surface area contributed by atoms with Crippen molar-refractivity contribution >= 4 is 29.3 Å².